The van der Waals surface area contributed by atoms with E-state index in [1.165, 1.54) is 10.4 Å². The van der Waals surface area contributed by atoms with E-state index in [-0.39, 0.29) is 6.10 Å². The lowest BCUT2D eigenvalue weighted by Crippen LogP contribution is -2.07. The van der Waals surface area contributed by atoms with Gasteiger partial charge in [0.15, 0.2) is 0 Å². The standard InChI is InChI=1S/C13H14N2OS/c1-8-5-6-14-9(7-8)13-15-12-10(16)3-2-4-11(12)17-13/h5-7,10,16H,2-4H2,1H3. The van der Waals surface area contributed by atoms with Gasteiger partial charge < -0.3 is 5.11 Å². The van der Waals surface area contributed by atoms with Crippen LogP contribution in [-0.4, -0.2) is 15.1 Å². The summed E-state index contributed by atoms with van der Waals surface area (Å²) < 4.78 is 0. The average molecular weight is 246 g/mol. The molecule has 1 N–H and O–H groups in total. The van der Waals surface area contributed by atoms with Gasteiger partial charge in [-0.2, -0.15) is 0 Å². The van der Waals surface area contributed by atoms with Gasteiger partial charge in [0, 0.05) is 11.1 Å². The predicted molar refractivity (Wildman–Crippen MR) is 68.0 cm³/mol. The second-order valence-electron chi connectivity index (χ2n) is 4.45. The van der Waals surface area contributed by atoms with Gasteiger partial charge in [0.1, 0.15) is 5.01 Å². The third-order valence-corrected chi connectivity index (χ3v) is 4.21. The van der Waals surface area contributed by atoms with E-state index in [1.807, 2.05) is 25.3 Å². The summed E-state index contributed by atoms with van der Waals surface area (Å²) >= 11 is 1.67. The Balaban J connectivity index is 2.05. The van der Waals surface area contributed by atoms with Gasteiger partial charge in [0.25, 0.3) is 0 Å². The molecule has 2 heterocycles. The maximum Gasteiger partial charge on any atom is 0.142 e. The van der Waals surface area contributed by atoms with E-state index in [4.69, 9.17) is 0 Å². The SMILES string of the molecule is Cc1ccnc(-c2nc3c(s2)CCCC3O)c1. The van der Waals surface area contributed by atoms with Crippen molar-refractivity contribution in [3.63, 3.8) is 0 Å². The first kappa shape index (κ1) is 10.9. The van der Waals surface area contributed by atoms with Gasteiger partial charge in [-0.25, -0.2) is 4.98 Å². The minimum absolute atomic E-state index is 0.381. The predicted octanol–water partition coefficient (Wildman–Crippen LogP) is 2.88. The third-order valence-electron chi connectivity index (χ3n) is 3.06. The van der Waals surface area contributed by atoms with Gasteiger partial charge in [-0.1, -0.05) is 0 Å². The number of aryl methyl sites for hydroxylation is 2. The molecule has 0 bridgehead atoms. The summed E-state index contributed by atoms with van der Waals surface area (Å²) in [5.74, 6) is 0. The average Bonchev–Trinajstić information content (AvgIpc) is 2.74. The van der Waals surface area contributed by atoms with E-state index in [0.717, 1.165) is 35.7 Å². The van der Waals surface area contributed by atoms with E-state index >= 15 is 0 Å². The van der Waals surface area contributed by atoms with Gasteiger partial charge in [-0.05, 0) is 43.9 Å². The van der Waals surface area contributed by atoms with Crippen LogP contribution in [0.25, 0.3) is 10.7 Å². The minimum atomic E-state index is -0.381. The van der Waals surface area contributed by atoms with Gasteiger partial charge in [0.05, 0.1) is 17.5 Å². The zero-order valence-corrected chi connectivity index (χ0v) is 10.5. The largest absolute Gasteiger partial charge is 0.387 e. The lowest BCUT2D eigenvalue weighted by molar-refractivity contribution is 0.153. The summed E-state index contributed by atoms with van der Waals surface area (Å²) in [6.07, 6.45) is 4.35. The topological polar surface area (TPSA) is 46.0 Å². The zero-order chi connectivity index (χ0) is 11.8. The molecule has 0 aliphatic heterocycles. The summed E-state index contributed by atoms with van der Waals surface area (Å²) in [4.78, 5) is 10.1. The lowest BCUT2D eigenvalue weighted by Gasteiger charge is -2.14. The number of aromatic nitrogens is 2. The molecule has 1 aliphatic carbocycles. The van der Waals surface area contributed by atoms with Crippen LogP contribution in [-0.2, 0) is 6.42 Å². The molecule has 1 aliphatic rings. The molecule has 2 aromatic rings. The van der Waals surface area contributed by atoms with Crippen LogP contribution < -0.4 is 0 Å². The van der Waals surface area contributed by atoms with E-state index in [0.29, 0.717) is 0 Å². The molecule has 3 nitrogen and oxygen atoms in total. The number of thiazole rings is 1. The molecule has 0 saturated heterocycles. The van der Waals surface area contributed by atoms with Crippen LogP contribution in [0.4, 0.5) is 0 Å². The molecule has 17 heavy (non-hydrogen) atoms. The summed E-state index contributed by atoms with van der Waals surface area (Å²) in [6, 6.07) is 4.02. The number of rotatable bonds is 1. The Bertz CT molecular complexity index is 550. The summed E-state index contributed by atoms with van der Waals surface area (Å²) in [5, 5.41) is 10.8. The first-order valence-electron chi connectivity index (χ1n) is 5.85. The van der Waals surface area contributed by atoms with Gasteiger partial charge in [-0.3, -0.25) is 4.98 Å². The van der Waals surface area contributed by atoms with Crippen molar-refractivity contribution in [2.24, 2.45) is 0 Å². The highest BCUT2D eigenvalue weighted by atomic mass is 32.1. The first-order valence-corrected chi connectivity index (χ1v) is 6.66. The van der Waals surface area contributed by atoms with Crippen molar-refractivity contribution in [1.82, 2.24) is 9.97 Å². The van der Waals surface area contributed by atoms with Crippen molar-refractivity contribution in [1.29, 1.82) is 0 Å². The number of aliphatic hydroxyl groups is 1. The molecule has 88 valence electrons. The normalized spacial score (nSPS) is 19.1. The van der Waals surface area contributed by atoms with E-state index in [1.54, 1.807) is 11.3 Å². The Morgan fingerprint density at radius 3 is 3.12 bits per heavy atom. The number of nitrogens with zero attached hydrogens (tertiary/aromatic N) is 2. The molecule has 1 unspecified atom stereocenters. The maximum atomic E-state index is 9.90. The van der Waals surface area contributed by atoms with Crippen LogP contribution in [0.1, 0.15) is 35.1 Å². The fourth-order valence-corrected chi connectivity index (χ4v) is 3.28. The molecule has 1 atom stereocenters. The van der Waals surface area contributed by atoms with Crippen molar-refractivity contribution in [3.05, 3.63) is 34.5 Å². The highest BCUT2D eigenvalue weighted by Gasteiger charge is 2.23. The van der Waals surface area contributed by atoms with Crippen LogP contribution in [0.3, 0.4) is 0 Å². The van der Waals surface area contributed by atoms with Gasteiger partial charge >= 0.3 is 0 Å². The fraction of sp³-hybridized carbons (Fsp3) is 0.385. The van der Waals surface area contributed by atoms with Crippen molar-refractivity contribution >= 4 is 11.3 Å². The van der Waals surface area contributed by atoms with Crippen molar-refractivity contribution in [2.75, 3.05) is 0 Å². The molecule has 4 heteroatoms. The minimum Gasteiger partial charge on any atom is -0.387 e. The highest BCUT2D eigenvalue weighted by molar-refractivity contribution is 7.15. The Morgan fingerprint density at radius 2 is 2.35 bits per heavy atom. The number of fused-ring (bicyclic) bond motifs is 1. The molecular weight excluding hydrogens is 232 g/mol. The second kappa shape index (κ2) is 4.20. The van der Waals surface area contributed by atoms with Crippen molar-refractivity contribution in [3.8, 4) is 10.7 Å². The number of aliphatic hydroxyl groups excluding tert-OH is 1. The Labute approximate surface area is 104 Å². The molecule has 0 radical (unpaired) electrons. The van der Waals surface area contributed by atoms with Gasteiger partial charge in [0.2, 0.25) is 0 Å². The van der Waals surface area contributed by atoms with Crippen molar-refractivity contribution < 1.29 is 5.11 Å². The van der Waals surface area contributed by atoms with Crippen LogP contribution >= 0.6 is 11.3 Å². The molecule has 0 aromatic carbocycles. The highest BCUT2D eigenvalue weighted by Crippen LogP contribution is 2.36. The molecule has 2 aromatic heterocycles. The molecule has 0 amide bonds. The molecule has 3 rings (SSSR count). The lowest BCUT2D eigenvalue weighted by atomic mass is 10.0. The summed E-state index contributed by atoms with van der Waals surface area (Å²) in [5.41, 5.74) is 2.97. The molecule has 0 fully saturated rings. The van der Waals surface area contributed by atoms with E-state index < -0.39 is 0 Å². The smallest absolute Gasteiger partial charge is 0.142 e. The van der Waals surface area contributed by atoms with Gasteiger partial charge in [-0.15, -0.1) is 11.3 Å². The van der Waals surface area contributed by atoms with Crippen LogP contribution in [0.2, 0.25) is 0 Å². The maximum absolute atomic E-state index is 9.90. The van der Waals surface area contributed by atoms with Crippen molar-refractivity contribution in [2.45, 2.75) is 32.3 Å². The quantitative estimate of drug-likeness (QED) is 0.841. The zero-order valence-electron chi connectivity index (χ0n) is 9.68. The summed E-state index contributed by atoms with van der Waals surface area (Å²) in [7, 11) is 0. The Hall–Kier alpha value is -1.26. The number of hydrogen-bond acceptors (Lipinski definition) is 4. The molecule has 0 saturated carbocycles. The Morgan fingerprint density at radius 1 is 1.47 bits per heavy atom. The third kappa shape index (κ3) is 1.98. The van der Waals surface area contributed by atoms with Crippen LogP contribution in [0, 0.1) is 6.92 Å². The monoisotopic (exact) mass is 246 g/mol. The Kier molecular flexibility index (Phi) is 2.68. The summed E-state index contributed by atoms with van der Waals surface area (Å²) in [6.45, 7) is 2.05. The van der Waals surface area contributed by atoms with E-state index in [2.05, 4.69) is 9.97 Å². The number of hydrogen-bond donors (Lipinski definition) is 1. The fourth-order valence-electron chi connectivity index (χ4n) is 2.16. The second-order valence-corrected chi connectivity index (χ2v) is 5.54. The van der Waals surface area contributed by atoms with Crippen LogP contribution in [0.15, 0.2) is 18.3 Å². The molecular formula is C13H14N2OS. The molecule has 0 spiro atoms. The number of pyridine rings is 1. The van der Waals surface area contributed by atoms with Crippen LogP contribution in [0.5, 0.6) is 0 Å². The first-order chi connectivity index (χ1) is 8.24. The van der Waals surface area contributed by atoms with E-state index in [9.17, 15) is 5.11 Å².